The van der Waals surface area contributed by atoms with Gasteiger partial charge in [0.15, 0.2) is 0 Å². The smallest absolute Gasteiger partial charge is 0.276 e. The molecule has 0 aliphatic heterocycles. The van der Waals surface area contributed by atoms with Gasteiger partial charge in [0.1, 0.15) is 12.4 Å². The third kappa shape index (κ3) is 3.85. The van der Waals surface area contributed by atoms with E-state index in [1.165, 1.54) is 6.07 Å². The summed E-state index contributed by atoms with van der Waals surface area (Å²) in [5.41, 5.74) is 1.52. The van der Waals surface area contributed by atoms with Crippen LogP contribution in [0.25, 0.3) is 0 Å². The fourth-order valence-electron chi connectivity index (χ4n) is 1.49. The van der Waals surface area contributed by atoms with E-state index in [1.807, 2.05) is 6.92 Å². The summed E-state index contributed by atoms with van der Waals surface area (Å²) in [7, 11) is 0. The number of nitro benzene ring substituents is 1. The predicted octanol–water partition coefficient (Wildman–Crippen LogP) is 2.45. The van der Waals surface area contributed by atoms with E-state index < -0.39 is 4.92 Å². The molecule has 0 spiro atoms. The Bertz CT molecular complexity index is 444. The molecule has 0 saturated heterocycles. The molecule has 0 radical (unpaired) electrons. The SMILES string of the molecule is C=C(CNCC)COc1cccc([N+](=O)[O-])c1C. The molecule has 0 unspecified atom stereocenters. The van der Waals surface area contributed by atoms with E-state index in [0.717, 1.165) is 12.1 Å². The quantitative estimate of drug-likeness (QED) is 0.458. The summed E-state index contributed by atoms with van der Waals surface area (Å²) in [5, 5.41) is 13.9. The van der Waals surface area contributed by atoms with Crippen LogP contribution in [-0.4, -0.2) is 24.6 Å². The van der Waals surface area contributed by atoms with E-state index in [1.54, 1.807) is 19.1 Å². The maximum Gasteiger partial charge on any atom is 0.276 e. The highest BCUT2D eigenvalue weighted by Gasteiger charge is 2.13. The molecular weight excluding hydrogens is 232 g/mol. The Kier molecular flexibility index (Phi) is 5.32. The zero-order valence-corrected chi connectivity index (χ0v) is 10.7. The molecule has 5 nitrogen and oxygen atoms in total. The standard InChI is InChI=1S/C13H18N2O3/c1-4-14-8-10(2)9-18-13-7-5-6-12(11(13)3)15(16)17/h5-7,14H,2,4,8-9H2,1,3H3. The molecule has 1 aromatic carbocycles. The molecule has 0 bridgehead atoms. The maximum atomic E-state index is 10.8. The number of likely N-dealkylation sites (N-methyl/N-ethyl adjacent to an activating group) is 1. The highest BCUT2D eigenvalue weighted by atomic mass is 16.6. The van der Waals surface area contributed by atoms with Gasteiger partial charge in [0, 0.05) is 12.6 Å². The predicted molar refractivity (Wildman–Crippen MR) is 71.0 cm³/mol. The lowest BCUT2D eigenvalue weighted by Gasteiger charge is -2.11. The van der Waals surface area contributed by atoms with Crippen molar-refractivity contribution >= 4 is 5.69 Å². The van der Waals surface area contributed by atoms with Crippen LogP contribution in [0.15, 0.2) is 30.4 Å². The van der Waals surface area contributed by atoms with Gasteiger partial charge in [-0.15, -0.1) is 0 Å². The van der Waals surface area contributed by atoms with E-state index in [0.29, 0.717) is 24.5 Å². The molecule has 18 heavy (non-hydrogen) atoms. The van der Waals surface area contributed by atoms with Gasteiger partial charge in [-0.25, -0.2) is 0 Å². The molecule has 0 heterocycles. The van der Waals surface area contributed by atoms with Crippen LogP contribution < -0.4 is 10.1 Å². The van der Waals surface area contributed by atoms with Gasteiger partial charge >= 0.3 is 0 Å². The molecular formula is C13H18N2O3. The first kappa shape index (κ1) is 14.2. The molecule has 98 valence electrons. The van der Waals surface area contributed by atoms with Crippen LogP contribution in [-0.2, 0) is 0 Å². The fourth-order valence-corrected chi connectivity index (χ4v) is 1.49. The highest BCUT2D eigenvalue weighted by Crippen LogP contribution is 2.27. The van der Waals surface area contributed by atoms with E-state index in [4.69, 9.17) is 4.74 Å². The maximum absolute atomic E-state index is 10.8. The molecule has 0 amide bonds. The van der Waals surface area contributed by atoms with Gasteiger partial charge in [0.05, 0.1) is 10.5 Å². The van der Waals surface area contributed by atoms with Crippen molar-refractivity contribution in [2.24, 2.45) is 0 Å². The summed E-state index contributed by atoms with van der Waals surface area (Å²) in [5.74, 6) is 0.529. The van der Waals surface area contributed by atoms with Crippen LogP contribution in [0.4, 0.5) is 5.69 Å². The Morgan fingerprint density at radius 2 is 2.28 bits per heavy atom. The van der Waals surface area contributed by atoms with E-state index in [-0.39, 0.29) is 5.69 Å². The number of hydrogen-bond acceptors (Lipinski definition) is 4. The van der Waals surface area contributed by atoms with Gasteiger partial charge in [0.2, 0.25) is 0 Å². The van der Waals surface area contributed by atoms with Crippen LogP contribution in [0.1, 0.15) is 12.5 Å². The Morgan fingerprint density at radius 3 is 2.89 bits per heavy atom. The summed E-state index contributed by atoms with van der Waals surface area (Å²) in [4.78, 5) is 10.4. The zero-order valence-electron chi connectivity index (χ0n) is 10.7. The third-order valence-electron chi connectivity index (χ3n) is 2.51. The first-order valence-corrected chi connectivity index (χ1v) is 5.80. The third-order valence-corrected chi connectivity index (χ3v) is 2.51. The van der Waals surface area contributed by atoms with Gasteiger partial charge < -0.3 is 10.1 Å². The molecule has 0 atom stereocenters. The fraction of sp³-hybridized carbons (Fsp3) is 0.385. The van der Waals surface area contributed by atoms with Gasteiger partial charge in [-0.05, 0) is 25.1 Å². The number of nitrogens with zero attached hydrogens (tertiary/aromatic N) is 1. The highest BCUT2D eigenvalue weighted by molar-refractivity contribution is 5.48. The molecule has 0 fully saturated rings. The Labute approximate surface area is 107 Å². The van der Waals surface area contributed by atoms with Crippen molar-refractivity contribution in [3.63, 3.8) is 0 Å². The molecule has 1 N–H and O–H groups in total. The molecule has 0 aliphatic rings. The lowest BCUT2D eigenvalue weighted by molar-refractivity contribution is -0.385. The monoisotopic (exact) mass is 250 g/mol. The number of rotatable bonds is 7. The van der Waals surface area contributed by atoms with Gasteiger partial charge in [-0.3, -0.25) is 10.1 Å². The van der Waals surface area contributed by atoms with Crippen molar-refractivity contribution in [3.05, 3.63) is 46.0 Å². The van der Waals surface area contributed by atoms with E-state index >= 15 is 0 Å². The lowest BCUT2D eigenvalue weighted by Crippen LogP contribution is -2.19. The number of hydrogen-bond donors (Lipinski definition) is 1. The Morgan fingerprint density at radius 1 is 1.56 bits per heavy atom. The summed E-state index contributed by atoms with van der Waals surface area (Å²) in [6.07, 6.45) is 0. The van der Waals surface area contributed by atoms with Gasteiger partial charge in [0.25, 0.3) is 5.69 Å². The second kappa shape index (κ2) is 6.76. The van der Waals surface area contributed by atoms with E-state index in [2.05, 4.69) is 11.9 Å². The molecule has 1 rings (SSSR count). The van der Waals surface area contributed by atoms with Crippen LogP contribution in [0.5, 0.6) is 5.75 Å². The number of nitrogens with one attached hydrogen (secondary N) is 1. The minimum absolute atomic E-state index is 0.0739. The van der Waals surface area contributed by atoms with Crippen molar-refractivity contribution in [1.29, 1.82) is 0 Å². The van der Waals surface area contributed by atoms with Crippen LogP contribution in [0.3, 0.4) is 0 Å². The summed E-state index contributed by atoms with van der Waals surface area (Å²) in [6, 6.07) is 4.81. The number of nitro groups is 1. The van der Waals surface area contributed by atoms with Crippen molar-refractivity contribution in [2.75, 3.05) is 19.7 Å². The second-order valence-electron chi connectivity index (χ2n) is 3.98. The Hall–Kier alpha value is -1.88. The lowest BCUT2D eigenvalue weighted by atomic mass is 10.2. The topological polar surface area (TPSA) is 64.4 Å². The van der Waals surface area contributed by atoms with Crippen molar-refractivity contribution in [1.82, 2.24) is 5.32 Å². The van der Waals surface area contributed by atoms with E-state index in [9.17, 15) is 10.1 Å². The normalized spacial score (nSPS) is 10.1. The first-order chi connectivity index (χ1) is 8.56. The van der Waals surface area contributed by atoms with Crippen molar-refractivity contribution < 1.29 is 9.66 Å². The zero-order chi connectivity index (χ0) is 13.5. The number of benzene rings is 1. The number of ether oxygens (including phenoxy) is 1. The molecule has 1 aromatic rings. The average Bonchev–Trinajstić information content (AvgIpc) is 2.34. The summed E-state index contributed by atoms with van der Waals surface area (Å²) >= 11 is 0. The van der Waals surface area contributed by atoms with Gasteiger partial charge in [-0.2, -0.15) is 0 Å². The molecule has 0 aliphatic carbocycles. The minimum atomic E-state index is -0.407. The summed E-state index contributed by atoms with van der Waals surface area (Å²) < 4.78 is 5.54. The van der Waals surface area contributed by atoms with Crippen LogP contribution in [0, 0.1) is 17.0 Å². The van der Waals surface area contributed by atoms with Crippen molar-refractivity contribution in [2.45, 2.75) is 13.8 Å². The minimum Gasteiger partial charge on any atom is -0.489 e. The largest absolute Gasteiger partial charge is 0.489 e. The second-order valence-corrected chi connectivity index (χ2v) is 3.98. The van der Waals surface area contributed by atoms with Crippen molar-refractivity contribution in [3.8, 4) is 5.75 Å². The Balaban J connectivity index is 2.65. The molecule has 0 saturated carbocycles. The average molecular weight is 250 g/mol. The molecule has 0 aromatic heterocycles. The molecule has 5 heteroatoms. The van der Waals surface area contributed by atoms with Gasteiger partial charge in [-0.1, -0.05) is 19.6 Å². The first-order valence-electron chi connectivity index (χ1n) is 5.80. The van der Waals surface area contributed by atoms with Crippen LogP contribution in [0.2, 0.25) is 0 Å². The summed E-state index contributed by atoms with van der Waals surface area (Å²) in [6.45, 7) is 9.48. The van der Waals surface area contributed by atoms with Crippen LogP contribution >= 0.6 is 0 Å².